The minimum atomic E-state index is -3.52. The zero-order valence-corrected chi connectivity index (χ0v) is 18.0. The van der Waals surface area contributed by atoms with Gasteiger partial charge in [-0.1, -0.05) is 19.1 Å². The summed E-state index contributed by atoms with van der Waals surface area (Å²) >= 11 is 0. The molecule has 1 aromatic heterocycles. The summed E-state index contributed by atoms with van der Waals surface area (Å²) in [6, 6.07) is 12.7. The number of sulfonamides is 1. The second-order valence-corrected chi connectivity index (χ2v) is 9.28. The van der Waals surface area contributed by atoms with E-state index in [1.165, 1.54) is 24.0 Å². The number of nitrogens with one attached hydrogen (secondary N) is 1. The van der Waals surface area contributed by atoms with Gasteiger partial charge in [-0.05, 0) is 42.3 Å². The van der Waals surface area contributed by atoms with Gasteiger partial charge in [0.15, 0.2) is 0 Å². The van der Waals surface area contributed by atoms with E-state index < -0.39 is 10.0 Å². The van der Waals surface area contributed by atoms with Gasteiger partial charge < -0.3 is 9.88 Å². The SMILES string of the molecule is CCc1cccc(NC(=O)CCc2nc3cc(S(=O)(=O)N(C)C)ccc3n2C)c1. The molecule has 1 heterocycles. The first-order valence-corrected chi connectivity index (χ1v) is 10.9. The number of benzene rings is 2. The Labute approximate surface area is 171 Å². The van der Waals surface area contributed by atoms with Gasteiger partial charge in [-0.15, -0.1) is 0 Å². The molecular weight excluding hydrogens is 388 g/mol. The number of rotatable bonds is 7. The molecule has 0 saturated heterocycles. The first-order valence-electron chi connectivity index (χ1n) is 9.49. The summed E-state index contributed by atoms with van der Waals surface area (Å²) in [5.41, 5.74) is 3.38. The number of hydrogen-bond acceptors (Lipinski definition) is 4. The second-order valence-electron chi connectivity index (χ2n) is 7.13. The largest absolute Gasteiger partial charge is 0.331 e. The monoisotopic (exact) mass is 414 g/mol. The Morgan fingerprint density at radius 2 is 1.93 bits per heavy atom. The third-order valence-corrected chi connectivity index (χ3v) is 6.73. The average molecular weight is 415 g/mol. The van der Waals surface area contributed by atoms with Gasteiger partial charge in [0.2, 0.25) is 15.9 Å². The molecule has 7 nitrogen and oxygen atoms in total. The van der Waals surface area contributed by atoms with Crippen molar-refractivity contribution in [3.05, 3.63) is 53.9 Å². The topological polar surface area (TPSA) is 84.3 Å². The molecule has 0 fully saturated rings. The molecule has 0 spiro atoms. The van der Waals surface area contributed by atoms with Gasteiger partial charge in [0.05, 0.1) is 15.9 Å². The predicted octanol–water partition coefficient (Wildman–Crippen LogP) is 2.96. The lowest BCUT2D eigenvalue weighted by Gasteiger charge is -2.10. The summed E-state index contributed by atoms with van der Waals surface area (Å²) in [5, 5.41) is 2.92. The van der Waals surface area contributed by atoms with Crippen LogP contribution in [0, 0.1) is 0 Å². The number of aromatic nitrogens is 2. The molecule has 29 heavy (non-hydrogen) atoms. The van der Waals surface area contributed by atoms with Gasteiger partial charge in [-0.25, -0.2) is 17.7 Å². The van der Waals surface area contributed by atoms with E-state index in [-0.39, 0.29) is 17.2 Å². The second kappa shape index (κ2) is 8.34. The number of hydrogen-bond donors (Lipinski definition) is 1. The molecule has 2 aromatic carbocycles. The summed E-state index contributed by atoms with van der Waals surface area (Å²) in [5.74, 6) is 0.651. The Hall–Kier alpha value is -2.71. The fourth-order valence-electron chi connectivity index (χ4n) is 3.14. The van der Waals surface area contributed by atoms with E-state index in [0.717, 1.165) is 23.4 Å². The first kappa shape index (κ1) is 21.0. The molecule has 0 atom stereocenters. The summed E-state index contributed by atoms with van der Waals surface area (Å²) in [4.78, 5) is 17.1. The van der Waals surface area contributed by atoms with Crippen LogP contribution in [0.5, 0.6) is 0 Å². The number of carbonyl (C=O) groups excluding carboxylic acids is 1. The molecule has 154 valence electrons. The highest BCUT2D eigenvalue weighted by Crippen LogP contribution is 2.22. The Morgan fingerprint density at radius 3 is 2.62 bits per heavy atom. The zero-order valence-electron chi connectivity index (χ0n) is 17.1. The number of imidazole rings is 1. The van der Waals surface area contributed by atoms with Crippen LogP contribution >= 0.6 is 0 Å². The molecule has 1 amide bonds. The van der Waals surface area contributed by atoms with Crippen molar-refractivity contribution in [2.45, 2.75) is 31.1 Å². The van der Waals surface area contributed by atoms with Crippen molar-refractivity contribution < 1.29 is 13.2 Å². The maximum atomic E-state index is 12.3. The van der Waals surface area contributed by atoms with E-state index in [1.807, 2.05) is 35.9 Å². The van der Waals surface area contributed by atoms with E-state index in [4.69, 9.17) is 0 Å². The average Bonchev–Trinajstić information content (AvgIpc) is 3.01. The van der Waals surface area contributed by atoms with Gasteiger partial charge in [0, 0.05) is 39.7 Å². The van der Waals surface area contributed by atoms with Crippen molar-refractivity contribution in [2.75, 3.05) is 19.4 Å². The number of aryl methyl sites for hydroxylation is 3. The molecule has 0 aliphatic carbocycles. The summed E-state index contributed by atoms with van der Waals surface area (Å²) in [6.07, 6.45) is 1.66. The van der Waals surface area contributed by atoms with Gasteiger partial charge >= 0.3 is 0 Å². The van der Waals surface area contributed by atoms with Gasteiger partial charge in [-0.2, -0.15) is 0 Å². The van der Waals surface area contributed by atoms with Crippen LogP contribution in [0.2, 0.25) is 0 Å². The first-order chi connectivity index (χ1) is 13.7. The van der Waals surface area contributed by atoms with Crippen molar-refractivity contribution >= 4 is 32.7 Å². The number of amides is 1. The fourth-order valence-corrected chi connectivity index (χ4v) is 4.06. The van der Waals surface area contributed by atoms with E-state index >= 15 is 0 Å². The highest BCUT2D eigenvalue weighted by atomic mass is 32.2. The minimum Gasteiger partial charge on any atom is -0.331 e. The zero-order chi connectivity index (χ0) is 21.2. The Bertz CT molecular complexity index is 1150. The summed E-state index contributed by atoms with van der Waals surface area (Å²) in [6.45, 7) is 2.07. The molecule has 3 rings (SSSR count). The molecule has 0 saturated carbocycles. The molecule has 0 radical (unpaired) electrons. The van der Waals surface area contributed by atoms with Gasteiger partial charge in [0.25, 0.3) is 0 Å². The lowest BCUT2D eigenvalue weighted by atomic mass is 10.1. The molecule has 0 bridgehead atoms. The van der Waals surface area contributed by atoms with Crippen LogP contribution in [-0.4, -0.2) is 42.3 Å². The molecule has 0 unspecified atom stereocenters. The summed E-state index contributed by atoms with van der Waals surface area (Å²) < 4.78 is 27.8. The third-order valence-electron chi connectivity index (χ3n) is 4.92. The maximum Gasteiger partial charge on any atom is 0.242 e. The van der Waals surface area contributed by atoms with E-state index in [9.17, 15) is 13.2 Å². The van der Waals surface area contributed by atoms with Gasteiger partial charge in [0.1, 0.15) is 5.82 Å². The highest BCUT2D eigenvalue weighted by Gasteiger charge is 2.19. The molecule has 0 aliphatic heterocycles. The number of nitrogens with zero attached hydrogens (tertiary/aromatic N) is 3. The lowest BCUT2D eigenvalue weighted by molar-refractivity contribution is -0.116. The van der Waals surface area contributed by atoms with Crippen molar-refractivity contribution in [3.63, 3.8) is 0 Å². The van der Waals surface area contributed by atoms with Crippen molar-refractivity contribution in [2.24, 2.45) is 7.05 Å². The van der Waals surface area contributed by atoms with Crippen LogP contribution in [0.25, 0.3) is 11.0 Å². The number of carbonyl (C=O) groups is 1. The normalized spacial score (nSPS) is 11.9. The third kappa shape index (κ3) is 4.49. The van der Waals surface area contributed by atoms with Crippen LogP contribution in [0.15, 0.2) is 47.4 Å². The Balaban J connectivity index is 1.74. The molecule has 1 N–H and O–H groups in total. The van der Waals surface area contributed by atoms with Crippen LogP contribution in [0.4, 0.5) is 5.69 Å². The molecule has 0 aliphatic rings. The van der Waals surface area contributed by atoms with Crippen molar-refractivity contribution in [1.82, 2.24) is 13.9 Å². The Morgan fingerprint density at radius 1 is 1.17 bits per heavy atom. The fraction of sp³-hybridized carbons (Fsp3) is 0.333. The molecular formula is C21H26N4O3S. The van der Waals surface area contributed by atoms with Crippen LogP contribution in [-0.2, 0) is 34.7 Å². The van der Waals surface area contributed by atoms with Crippen molar-refractivity contribution in [3.8, 4) is 0 Å². The molecule has 3 aromatic rings. The quantitative estimate of drug-likeness (QED) is 0.644. The van der Waals surface area contributed by atoms with Crippen LogP contribution in [0.3, 0.4) is 0 Å². The van der Waals surface area contributed by atoms with Crippen LogP contribution in [0.1, 0.15) is 24.7 Å². The smallest absolute Gasteiger partial charge is 0.242 e. The standard InChI is InChI=1S/C21H26N4O3S/c1-5-15-7-6-8-16(13-15)22-21(26)12-11-20-23-18-14-17(29(27,28)24(2)3)9-10-19(18)25(20)4/h6-10,13-14H,5,11-12H2,1-4H3,(H,22,26). The van der Waals surface area contributed by atoms with E-state index in [1.54, 1.807) is 18.2 Å². The Kier molecular flexibility index (Phi) is 6.04. The number of fused-ring (bicyclic) bond motifs is 1. The highest BCUT2D eigenvalue weighted by molar-refractivity contribution is 7.89. The van der Waals surface area contributed by atoms with E-state index in [2.05, 4.69) is 17.2 Å². The van der Waals surface area contributed by atoms with Crippen molar-refractivity contribution in [1.29, 1.82) is 0 Å². The van der Waals surface area contributed by atoms with E-state index in [0.29, 0.717) is 11.9 Å². The number of anilines is 1. The summed E-state index contributed by atoms with van der Waals surface area (Å²) in [7, 11) is 1.35. The van der Waals surface area contributed by atoms with Crippen LogP contribution < -0.4 is 5.32 Å². The predicted molar refractivity (Wildman–Crippen MR) is 114 cm³/mol. The lowest BCUT2D eigenvalue weighted by Crippen LogP contribution is -2.22. The molecule has 8 heteroatoms. The van der Waals surface area contributed by atoms with Gasteiger partial charge in [-0.3, -0.25) is 4.79 Å². The maximum absolute atomic E-state index is 12.3. The minimum absolute atomic E-state index is 0.0822.